The largest absolute Gasteiger partial charge is 0.497 e. The quantitative estimate of drug-likeness (QED) is 0.349. The van der Waals surface area contributed by atoms with Gasteiger partial charge in [0.25, 0.3) is 0 Å². The molecule has 2 atom stereocenters. The number of fused-ring (bicyclic) bond motifs is 1. The number of aliphatic hydroxyl groups is 1. The molecule has 0 aliphatic carbocycles. The van der Waals surface area contributed by atoms with Crippen molar-refractivity contribution >= 4 is 17.2 Å². The third-order valence-corrected chi connectivity index (χ3v) is 6.12. The van der Waals surface area contributed by atoms with Gasteiger partial charge in [0.2, 0.25) is 0 Å². The van der Waals surface area contributed by atoms with Gasteiger partial charge in [-0.15, -0.1) is 0 Å². The molecule has 0 spiro atoms. The van der Waals surface area contributed by atoms with Crippen molar-refractivity contribution < 1.29 is 37.6 Å². The van der Waals surface area contributed by atoms with Crippen LogP contribution < -0.4 is 29.6 Å². The summed E-state index contributed by atoms with van der Waals surface area (Å²) in [5.74, 6) is -0.981. The van der Waals surface area contributed by atoms with Crippen molar-refractivity contribution in [3.63, 3.8) is 0 Å². The van der Waals surface area contributed by atoms with Gasteiger partial charge >= 0.3 is 0 Å². The van der Waals surface area contributed by atoms with Crippen LogP contribution in [0.2, 0.25) is 0 Å². The maximum atomic E-state index is 14.6. The van der Waals surface area contributed by atoms with E-state index in [9.17, 15) is 13.6 Å². The fraction of sp³-hybridized carbons (Fsp3) is 0.296. The van der Waals surface area contributed by atoms with E-state index in [0.29, 0.717) is 34.0 Å². The standard InChI is InChI=1S/C27H28F2N2O6/c1-34-17-9-16(10-18(11-17)37-7-6-32)31-26(19-5-4-15(28)8-24(19)35-2)27(33)21-14-30-23-13-25(36-3)22(29)12-20(21)23/h4-5,8-13,21,26,30-32H,6-7,14H2,1-3H3. The van der Waals surface area contributed by atoms with Gasteiger partial charge in [-0.1, -0.05) is 0 Å². The first-order chi connectivity index (χ1) is 17.9. The molecule has 1 heterocycles. The lowest BCUT2D eigenvalue weighted by atomic mass is 9.88. The van der Waals surface area contributed by atoms with Gasteiger partial charge in [-0.05, 0) is 23.8 Å². The molecule has 37 heavy (non-hydrogen) atoms. The Bertz CT molecular complexity index is 1290. The average molecular weight is 515 g/mol. The van der Waals surface area contributed by atoms with Gasteiger partial charge in [0.05, 0.1) is 33.9 Å². The topological polar surface area (TPSA) is 98.3 Å². The van der Waals surface area contributed by atoms with Crippen molar-refractivity contribution in [2.75, 3.05) is 51.7 Å². The van der Waals surface area contributed by atoms with Crippen molar-refractivity contribution in [3.05, 3.63) is 71.3 Å². The van der Waals surface area contributed by atoms with Crippen LogP contribution in [0, 0.1) is 11.6 Å². The molecule has 0 saturated heterocycles. The number of benzene rings is 3. The third-order valence-electron chi connectivity index (χ3n) is 6.12. The minimum Gasteiger partial charge on any atom is -0.497 e. The third kappa shape index (κ3) is 5.54. The van der Waals surface area contributed by atoms with Crippen LogP contribution in [0.5, 0.6) is 23.0 Å². The van der Waals surface area contributed by atoms with Gasteiger partial charge in [0, 0.05) is 53.8 Å². The Kier molecular flexibility index (Phi) is 7.98. The smallest absolute Gasteiger partial charge is 0.169 e. The van der Waals surface area contributed by atoms with Gasteiger partial charge in [0.1, 0.15) is 35.7 Å². The first kappa shape index (κ1) is 26.0. The van der Waals surface area contributed by atoms with E-state index in [-0.39, 0.29) is 37.0 Å². The van der Waals surface area contributed by atoms with E-state index in [1.807, 2.05) is 0 Å². The molecule has 8 nitrogen and oxygen atoms in total. The molecule has 0 bridgehead atoms. The lowest BCUT2D eigenvalue weighted by Gasteiger charge is -2.25. The summed E-state index contributed by atoms with van der Waals surface area (Å²) in [6.45, 7) is 0.134. The van der Waals surface area contributed by atoms with E-state index < -0.39 is 23.6 Å². The second kappa shape index (κ2) is 11.3. The highest BCUT2D eigenvalue weighted by atomic mass is 19.1. The van der Waals surface area contributed by atoms with Crippen molar-refractivity contribution in [1.29, 1.82) is 0 Å². The fourth-order valence-corrected chi connectivity index (χ4v) is 4.36. The summed E-state index contributed by atoms with van der Waals surface area (Å²) < 4.78 is 49.9. The summed E-state index contributed by atoms with van der Waals surface area (Å²) in [4.78, 5) is 14.0. The highest BCUT2D eigenvalue weighted by molar-refractivity contribution is 5.97. The molecule has 196 valence electrons. The number of hydrogen-bond acceptors (Lipinski definition) is 8. The lowest BCUT2D eigenvalue weighted by Crippen LogP contribution is -2.28. The predicted octanol–water partition coefficient (Wildman–Crippen LogP) is 4.29. The van der Waals surface area contributed by atoms with E-state index in [4.69, 9.17) is 24.1 Å². The van der Waals surface area contributed by atoms with Crippen molar-refractivity contribution in [2.24, 2.45) is 0 Å². The van der Waals surface area contributed by atoms with Gasteiger partial charge in [0.15, 0.2) is 17.3 Å². The number of hydrogen-bond donors (Lipinski definition) is 3. The molecule has 0 radical (unpaired) electrons. The highest BCUT2D eigenvalue weighted by Gasteiger charge is 2.36. The SMILES string of the molecule is COc1cc(NC(C(=O)C2CNc3cc(OC)c(F)cc32)c2ccc(F)cc2OC)cc(OCCO)c1. The number of nitrogens with one attached hydrogen (secondary N) is 2. The van der Waals surface area contributed by atoms with Gasteiger partial charge < -0.3 is 34.7 Å². The summed E-state index contributed by atoms with van der Waals surface area (Å²) in [6.07, 6.45) is 0. The predicted molar refractivity (Wildman–Crippen MR) is 134 cm³/mol. The molecule has 0 amide bonds. The van der Waals surface area contributed by atoms with E-state index in [1.165, 1.54) is 51.7 Å². The lowest BCUT2D eigenvalue weighted by molar-refractivity contribution is -0.121. The molecule has 1 aliphatic rings. The van der Waals surface area contributed by atoms with Crippen LogP contribution in [0.4, 0.5) is 20.2 Å². The second-order valence-electron chi connectivity index (χ2n) is 8.34. The van der Waals surface area contributed by atoms with Crippen LogP contribution in [0.25, 0.3) is 0 Å². The number of carbonyl (C=O) groups excluding carboxylic acids is 1. The number of Topliss-reactive ketones (excluding diaryl/α,β-unsaturated/α-hetero) is 1. The summed E-state index contributed by atoms with van der Waals surface area (Å²) >= 11 is 0. The number of carbonyl (C=O) groups is 1. The monoisotopic (exact) mass is 514 g/mol. The molecular weight excluding hydrogens is 486 g/mol. The Morgan fingerprint density at radius 2 is 1.78 bits per heavy atom. The first-order valence-electron chi connectivity index (χ1n) is 11.6. The van der Waals surface area contributed by atoms with Crippen LogP contribution in [-0.2, 0) is 4.79 Å². The molecule has 2 unspecified atom stereocenters. The van der Waals surface area contributed by atoms with Gasteiger partial charge in [-0.2, -0.15) is 0 Å². The molecule has 3 aromatic carbocycles. The Hall–Kier alpha value is -4.05. The number of aliphatic hydroxyl groups excluding tert-OH is 1. The number of methoxy groups -OCH3 is 3. The Labute approximate surface area is 213 Å². The van der Waals surface area contributed by atoms with Crippen LogP contribution in [0.3, 0.4) is 0 Å². The molecule has 4 rings (SSSR count). The molecule has 0 aromatic heterocycles. The number of rotatable bonds is 11. The van der Waals surface area contributed by atoms with Gasteiger partial charge in [-0.25, -0.2) is 8.78 Å². The van der Waals surface area contributed by atoms with Crippen LogP contribution in [-0.4, -0.2) is 52.0 Å². The molecule has 10 heteroatoms. The fourth-order valence-electron chi connectivity index (χ4n) is 4.36. The first-order valence-corrected chi connectivity index (χ1v) is 11.6. The van der Waals surface area contributed by atoms with Crippen LogP contribution in [0.1, 0.15) is 23.1 Å². The summed E-state index contributed by atoms with van der Waals surface area (Å²) in [6, 6.07) is 10.7. The minimum atomic E-state index is -1.00. The van der Waals surface area contributed by atoms with E-state index in [0.717, 1.165) is 0 Å². The summed E-state index contributed by atoms with van der Waals surface area (Å²) in [5, 5.41) is 15.5. The molecule has 3 N–H and O–H groups in total. The zero-order valence-corrected chi connectivity index (χ0v) is 20.6. The molecule has 3 aromatic rings. The van der Waals surface area contributed by atoms with E-state index >= 15 is 0 Å². The molecular formula is C27H28F2N2O6. The molecule has 1 aliphatic heterocycles. The second-order valence-corrected chi connectivity index (χ2v) is 8.34. The minimum absolute atomic E-state index is 0.0697. The maximum absolute atomic E-state index is 14.6. The average Bonchev–Trinajstić information content (AvgIpc) is 3.32. The van der Waals surface area contributed by atoms with E-state index in [1.54, 1.807) is 18.2 Å². The summed E-state index contributed by atoms with van der Waals surface area (Å²) in [5.41, 5.74) is 1.97. The number of halogens is 2. The maximum Gasteiger partial charge on any atom is 0.169 e. The number of ketones is 1. The summed E-state index contributed by atoms with van der Waals surface area (Å²) in [7, 11) is 4.25. The normalized spacial score (nSPS) is 14.8. The molecule has 0 saturated carbocycles. The van der Waals surface area contributed by atoms with Crippen molar-refractivity contribution in [3.8, 4) is 23.0 Å². The van der Waals surface area contributed by atoms with E-state index in [2.05, 4.69) is 10.6 Å². The van der Waals surface area contributed by atoms with Crippen molar-refractivity contribution in [2.45, 2.75) is 12.0 Å². The Morgan fingerprint density at radius 1 is 1.03 bits per heavy atom. The van der Waals surface area contributed by atoms with Crippen LogP contribution in [0.15, 0.2) is 48.5 Å². The molecule has 0 fully saturated rings. The van der Waals surface area contributed by atoms with Crippen LogP contribution >= 0.6 is 0 Å². The zero-order chi connectivity index (χ0) is 26.5. The zero-order valence-electron chi connectivity index (χ0n) is 20.6. The van der Waals surface area contributed by atoms with Gasteiger partial charge in [-0.3, -0.25) is 4.79 Å². The van der Waals surface area contributed by atoms with Crippen molar-refractivity contribution in [1.82, 2.24) is 0 Å². The Balaban J connectivity index is 1.76. The highest BCUT2D eigenvalue weighted by Crippen LogP contribution is 2.41. The number of ether oxygens (including phenoxy) is 4. The Morgan fingerprint density at radius 3 is 2.49 bits per heavy atom. The number of anilines is 2.